The zero-order chi connectivity index (χ0) is 14.7. The van der Waals surface area contributed by atoms with Gasteiger partial charge >= 0.3 is 0 Å². The Bertz CT molecular complexity index is 608. The van der Waals surface area contributed by atoms with Crippen LogP contribution in [0, 0.1) is 6.92 Å². The fourth-order valence-electron chi connectivity index (χ4n) is 2.45. The third-order valence-electron chi connectivity index (χ3n) is 3.64. The van der Waals surface area contributed by atoms with Gasteiger partial charge in [0.25, 0.3) is 0 Å². The van der Waals surface area contributed by atoms with Gasteiger partial charge in [-0.2, -0.15) is 0 Å². The Morgan fingerprint density at radius 3 is 2.96 bits per heavy atom. The summed E-state index contributed by atoms with van der Waals surface area (Å²) in [5.41, 5.74) is 0.751. The first-order chi connectivity index (χ1) is 10.2. The predicted molar refractivity (Wildman–Crippen MR) is 96.8 cm³/mol. The highest BCUT2D eigenvalue weighted by Gasteiger charge is 2.20. The van der Waals surface area contributed by atoms with E-state index in [-0.39, 0.29) is 30.7 Å². The zero-order valence-corrected chi connectivity index (χ0v) is 15.4. The van der Waals surface area contributed by atoms with Crippen LogP contribution in [0.25, 0.3) is 10.8 Å². The summed E-state index contributed by atoms with van der Waals surface area (Å²) in [4.78, 5) is 19.8. The molecule has 1 N–H and O–H groups in total. The number of aryl methyl sites for hydroxylation is 1. The molecule has 23 heavy (non-hydrogen) atoms. The summed E-state index contributed by atoms with van der Waals surface area (Å²) in [6.45, 7) is 5.31. The molecule has 8 heteroatoms. The van der Waals surface area contributed by atoms with E-state index in [1.165, 1.54) is 0 Å². The number of nitrogens with one attached hydrogen (secondary N) is 1. The van der Waals surface area contributed by atoms with Gasteiger partial charge in [0.05, 0.1) is 17.0 Å². The lowest BCUT2D eigenvalue weighted by Crippen LogP contribution is -2.35. The highest BCUT2D eigenvalue weighted by Crippen LogP contribution is 2.26. The molecule has 0 atom stereocenters. The smallest absolute Gasteiger partial charge is 0.236 e. The van der Waals surface area contributed by atoms with E-state index < -0.39 is 0 Å². The molecule has 1 aliphatic heterocycles. The summed E-state index contributed by atoms with van der Waals surface area (Å²) in [5.74, 6) is 1.48. The number of thiophene rings is 1. The van der Waals surface area contributed by atoms with E-state index in [9.17, 15) is 4.79 Å². The molecule has 0 aliphatic carbocycles. The summed E-state index contributed by atoms with van der Waals surface area (Å²) < 4.78 is 5.69. The largest absolute Gasteiger partial charge is 0.440 e. The van der Waals surface area contributed by atoms with Gasteiger partial charge in [-0.15, -0.1) is 36.2 Å². The van der Waals surface area contributed by atoms with Crippen LogP contribution in [0.5, 0.6) is 0 Å². The molecule has 0 spiro atoms. The Labute approximate surface area is 152 Å². The first-order valence-electron chi connectivity index (χ1n) is 7.23. The van der Waals surface area contributed by atoms with Crippen molar-refractivity contribution in [3.05, 3.63) is 29.0 Å². The van der Waals surface area contributed by atoms with E-state index in [1.54, 1.807) is 11.3 Å². The predicted octanol–water partition coefficient (Wildman–Crippen LogP) is 2.92. The molecular formula is C15H21Cl2N3O2S. The molecular weight excluding hydrogens is 357 g/mol. The Balaban J connectivity index is 0.00000132. The topological polar surface area (TPSA) is 58.4 Å². The van der Waals surface area contributed by atoms with Gasteiger partial charge in [0, 0.05) is 19.6 Å². The summed E-state index contributed by atoms with van der Waals surface area (Å²) >= 11 is 1.59. The summed E-state index contributed by atoms with van der Waals surface area (Å²) in [6.07, 6.45) is 1.32. The molecule has 128 valence electrons. The summed E-state index contributed by atoms with van der Waals surface area (Å²) in [5, 5.41) is 5.29. The van der Waals surface area contributed by atoms with E-state index in [4.69, 9.17) is 4.42 Å². The van der Waals surface area contributed by atoms with Gasteiger partial charge in [-0.3, -0.25) is 4.79 Å². The standard InChI is InChI=1S/C15H19N3O2S.2ClH/c1-11-12(17-15(20-11)13-4-2-9-21-13)10-14(19)18-7-3-5-16-6-8-18;;/h2,4,9,16H,3,5-8,10H2,1H3;2*1H. The highest BCUT2D eigenvalue weighted by atomic mass is 35.5. The van der Waals surface area contributed by atoms with Crippen molar-refractivity contribution in [3.8, 4) is 10.8 Å². The van der Waals surface area contributed by atoms with E-state index in [1.807, 2.05) is 29.3 Å². The minimum atomic E-state index is 0. The molecule has 0 saturated carbocycles. The van der Waals surface area contributed by atoms with Crippen LogP contribution >= 0.6 is 36.2 Å². The number of amides is 1. The molecule has 2 aromatic heterocycles. The molecule has 3 heterocycles. The second-order valence-corrected chi connectivity index (χ2v) is 6.11. The van der Waals surface area contributed by atoms with Gasteiger partial charge in [-0.1, -0.05) is 6.07 Å². The monoisotopic (exact) mass is 377 g/mol. The van der Waals surface area contributed by atoms with Gasteiger partial charge in [0.15, 0.2) is 0 Å². The highest BCUT2D eigenvalue weighted by molar-refractivity contribution is 7.13. The van der Waals surface area contributed by atoms with Crippen LogP contribution in [-0.4, -0.2) is 42.0 Å². The number of carbonyl (C=O) groups is 1. The van der Waals surface area contributed by atoms with Crippen molar-refractivity contribution >= 4 is 42.1 Å². The SMILES string of the molecule is Cc1oc(-c2cccs2)nc1CC(=O)N1CCCNCC1.Cl.Cl. The molecule has 1 fully saturated rings. The second-order valence-electron chi connectivity index (χ2n) is 5.16. The minimum absolute atomic E-state index is 0. The second kappa shape index (κ2) is 9.27. The fourth-order valence-corrected chi connectivity index (χ4v) is 3.10. The van der Waals surface area contributed by atoms with E-state index >= 15 is 0 Å². The number of hydrogen-bond acceptors (Lipinski definition) is 5. The molecule has 0 radical (unpaired) electrons. The lowest BCUT2D eigenvalue weighted by molar-refractivity contribution is -0.130. The number of oxazole rings is 1. The molecule has 1 aliphatic rings. The number of carbonyl (C=O) groups excluding carboxylic acids is 1. The van der Waals surface area contributed by atoms with Crippen LogP contribution in [0.15, 0.2) is 21.9 Å². The van der Waals surface area contributed by atoms with Crippen LogP contribution in [0.4, 0.5) is 0 Å². The van der Waals surface area contributed by atoms with Crippen molar-refractivity contribution in [2.45, 2.75) is 19.8 Å². The lowest BCUT2D eigenvalue weighted by Gasteiger charge is -2.19. The first kappa shape index (κ1) is 20.0. The zero-order valence-electron chi connectivity index (χ0n) is 12.9. The van der Waals surface area contributed by atoms with Crippen molar-refractivity contribution < 1.29 is 9.21 Å². The van der Waals surface area contributed by atoms with Crippen LogP contribution < -0.4 is 5.32 Å². The Morgan fingerprint density at radius 2 is 2.22 bits per heavy atom. The van der Waals surface area contributed by atoms with Crippen molar-refractivity contribution in [1.29, 1.82) is 0 Å². The van der Waals surface area contributed by atoms with Crippen molar-refractivity contribution in [2.24, 2.45) is 0 Å². The summed E-state index contributed by atoms with van der Waals surface area (Å²) in [6, 6.07) is 3.94. The normalized spacial score (nSPS) is 14.6. The number of aromatic nitrogens is 1. The maximum Gasteiger partial charge on any atom is 0.236 e. The molecule has 1 amide bonds. The number of rotatable bonds is 3. The Kier molecular flexibility index (Phi) is 8.05. The van der Waals surface area contributed by atoms with Crippen molar-refractivity contribution in [1.82, 2.24) is 15.2 Å². The number of nitrogens with zero attached hydrogens (tertiary/aromatic N) is 2. The first-order valence-corrected chi connectivity index (χ1v) is 8.10. The van der Waals surface area contributed by atoms with Crippen LogP contribution in [0.1, 0.15) is 17.9 Å². The third kappa shape index (κ3) is 4.94. The van der Waals surface area contributed by atoms with Gasteiger partial charge in [0.1, 0.15) is 5.76 Å². The molecule has 5 nitrogen and oxygen atoms in total. The fraction of sp³-hybridized carbons (Fsp3) is 0.467. The van der Waals surface area contributed by atoms with Gasteiger partial charge in [-0.25, -0.2) is 4.98 Å². The molecule has 3 rings (SSSR count). The van der Waals surface area contributed by atoms with Gasteiger partial charge < -0.3 is 14.6 Å². The van der Waals surface area contributed by atoms with Crippen LogP contribution in [-0.2, 0) is 11.2 Å². The molecule has 0 bridgehead atoms. The maximum absolute atomic E-state index is 12.4. The Morgan fingerprint density at radius 1 is 1.39 bits per heavy atom. The molecule has 2 aromatic rings. The van der Waals surface area contributed by atoms with Crippen LogP contribution in [0.2, 0.25) is 0 Å². The van der Waals surface area contributed by atoms with Gasteiger partial charge in [-0.05, 0) is 31.3 Å². The van der Waals surface area contributed by atoms with Crippen LogP contribution in [0.3, 0.4) is 0 Å². The quantitative estimate of drug-likeness (QED) is 0.892. The lowest BCUT2D eigenvalue weighted by atomic mass is 10.2. The summed E-state index contributed by atoms with van der Waals surface area (Å²) in [7, 11) is 0. The average Bonchev–Trinajstić information content (AvgIpc) is 3.02. The molecule has 0 aromatic carbocycles. The Hall–Kier alpha value is -1.08. The average molecular weight is 378 g/mol. The van der Waals surface area contributed by atoms with E-state index in [0.717, 1.165) is 48.9 Å². The molecule has 0 unspecified atom stereocenters. The minimum Gasteiger partial charge on any atom is -0.440 e. The molecule has 1 saturated heterocycles. The van der Waals surface area contributed by atoms with E-state index in [2.05, 4.69) is 10.3 Å². The van der Waals surface area contributed by atoms with Gasteiger partial charge in [0.2, 0.25) is 11.8 Å². The van der Waals surface area contributed by atoms with Crippen molar-refractivity contribution in [3.63, 3.8) is 0 Å². The van der Waals surface area contributed by atoms with Crippen molar-refractivity contribution in [2.75, 3.05) is 26.2 Å². The number of hydrogen-bond donors (Lipinski definition) is 1. The maximum atomic E-state index is 12.4. The number of halogens is 2. The van der Waals surface area contributed by atoms with E-state index in [0.29, 0.717) is 12.3 Å². The third-order valence-corrected chi connectivity index (χ3v) is 4.49.